The van der Waals surface area contributed by atoms with Crippen LogP contribution in [-0.2, 0) is 11.3 Å². The zero-order valence-corrected chi connectivity index (χ0v) is 12.5. The van der Waals surface area contributed by atoms with E-state index in [0.717, 1.165) is 19.4 Å². The molecule has 110 valence electrons. The van der Waals surface area contributed by atoms with Gasteiger partial charge in [-0.1, -0.05) is 49.1 Å². The number of aryl methyl sites for hydroxylation is 1. The van der Waals surface area contributed by atoms with E-state index in [1.807, 2.05) is 0 Å². The maximum atomic E-state index is 12.4. The third-order valence-electron chi connectivity index (χ3n) is 4.13. The highest BCUT2D eigenvalue weighted by Gasteiger charge is 2.24. The van der Waals surface area contributed by atoms with E-state index in [9.17, 15) is 4.79 Å². The van der Waals surface area contributed by atoms with Gasteiger partial charge in [-0.2, -0.15) is 0 Å². The highest BCUT2D eigenvalue weighted by Crippen LogP contribution is 2.24. The summed E-state index contributed by atoms with van der Waals surface area (Å²) in [6.07, 6.45) is 6.53. The van der Waals surface area contributed by atoms with Crippen LogP contribution in [0.1, 0.15) is 49.7 Å². The number of hydrogen-bond donors (Lipinski definition) is 1. The fraction of sp³-hybridized carbons (Fsp3) is 0.588. The number of rotatable bonds is 5. The Hall–Kier alpha value is -1.35. The van der Waals surface area contributed by atoms with Crippen LogP contribution < -0.4 is 5.73 Å². The fourth-order valence-electron chi connectivity index (χ4n) is 3.09. The first-order valence-corrected chi connectivity index (χ1v) is 7.76. The van der Waals surface area contributed by atoms with Gasteiger partial charge in [0.1, 0.15) is 0 Å². The van der Waals surface area contributed by atoms with Crippen LogP contribution in [0.3, 0.4) is 0 Å². The smallest absolute Gasteiger partial charge is 0.224 e. The zero-order valence-electron chi connectivity index (χ0n) is 12.5. The summed E-state index contributed by atoms with van der Waals surface area (Å²) in [7, 11) is 0. The van der Waals surface area contributed by atoms with Gasteiger partial charge in [0.15, 0.2) is 0 Å². The summed E-state index contributed by atoms with van der Waals surface area (Å²) in [6, 6.07) is 8.85. The van der Waals surface area contributed by atoms with Gasteiger partial charge in [-0.15, -0.1) is 0 Å². The standard InChI is InChI=1S/C17H26N2O/c1-14-6-5-7-15(12-14)13-19(17(20)10-11-18)16-8-3-2-4-9-16/h5-7,12,16H,2-4,8-11,13,18H2,1H3. The Bertz CT molecular complexity index is 438. The van der Waals surface area contributed by atoms with Crippen LogP contribution in [0.5, 0.6) is 0 Å². The predicted molar refractivity (Wildman–Crippen MR) is 82.3 cm³/mol. The number of carbonyl (C=O) groups excluding carboxylic acids is 1. The molecule has 2 rings (SSSR count). The summed E-state index contributed by atoms with van der Waals surface area (Å²) in [5, 5.41) is 0. The van der Waals surface area contributed by atoms with Crippen LogP contribution in [-0.4, -0.2) is 23.4 Å². The molecule has 1 saturated carbocycles. The van der Waals surface area contributed by atoms with Crippen molar-refractivity contribution in [3.8, 4) is 0 Å². The molecule has 0 unspecified atom stereocenters. The molecule has 0 aliphatic heterocycles. The zero-order chi connectivity index (χ0) is 14.4. The fourth-order valence-corrected chi connectivity index (χ4v) is 3.09. The molecule has 1 fully saturated rings. The monoisotopic (exact) mass is 274 g/mol. The van der Waals surface area contributed by atoms with Gasteiger partial charge in [0.05, 0.1) is 0 Å². The lowest BCUT2D eigenvalue weighted by molar-refractivity contribution is -0.134. The first kappa shape index (κ1) is 15.0. The van der Waals surface area contributed by atoms with E-state index >= 15 is 0 Å². The van der Waals surface area contributed by atoms with E-state index in [-0.39, 0.29) is 5.91 Å². The Morgan fingerprint density at radius 1 is 1.30 bits per heavy atom. The third kappa shape index (κ3) is 4.07. The minimum atomic E-state index is 0.209. The van der Waals surface area contributed by atoms with Crippen molar-refractivity contribution in [3.05, 3.63) is 35.4 Å². The molecule has 0 radical (unpaired) electrons. The first-order chi connectivity index (χ1) is 9.70. The summed E-state index contributed by atoms with van der Waals surface area (Å²) in [6.45, 7) is 3.26. The van der Waals surface area contributed by atoms with Crippen LogP contribution >= 0.6 is 0 Å². The molecular weight excluding hydrogens is 248 g/mol. The summed E-state index contributed by atoms with van der Waals surface area (Å²) in [5.41, 5.74) is 8.04. The van der Waals surface area contributed by atoms with Gasteiger partial charge in [0.25, 0.3) is 0 Å². The molecule has 1 aliphatic rings. The molecule has 0 bridgehead atoms. The number of benzene rings is 1. The third-order valence-corrected chi connectivity index (χ3v) is 4.13. The number of amides is 1. The minimum Gasteiger partial charge on any atom is -0.335 e. The van der Waals surface area contributed by atoms with Crippen molar-refractivity contribution in [1.29, 1.82) is 0 Å². The number of nitrogens with two attached hydrogens (primary N) is 1. The van der Waals surface area contributed by atoms with Gasteiger partial charge < -0.3 is 10.6 Å². The largest absolute Gasteiger partial charge is 0.335 e. The van der Waals surface area contributed by atoms with Gasteiger partial charge in [0, 0.05) is 25.6 Å². The predicted octanol–water partition coefficient (Wildman–Crippen LogP) is 3.01. The van der Waals surface area contributed by atoms with Crippen molar-refractivity contribution in [2.45, 2.75) is 58.0 Å². The number of carbonyl (C=O) groups is 1. The molecule has 1 amide bonds. The summed E-state index contributed by atoms with van der Waals surface area (Å²) in [5.74, 6) is 0.209. The minimum absolute atomic E-state index is 0.209. The summed E-state index contributed by atoms with van der Waals surface area (Å²) >= 11 is 0. The molecule has 1 aliphatic carbocycles. The maximum Gasteiger partial charge on any atom is 0.224 e. The second-order valence-corrected chi connectivity index (χ2v) is 5.84. The highest BCUT2D eigenvalue weighted by molar-refractivity contribution is 5.76. The van der Waals surface area contributed by atoms with E-state index in [4.69, 9.17) is 5.73 Å². The van der Waals surface area contributed by atoms with Crippen molar-refractivity contribution < 1.29 is 4.79 Å². The van der Waals surface area contributed by atoms with E-state index in [2.05, 4.69) is 36.1 Å². The molecule has 0 heterocycles. The van der Waals surface area contributed by atoms with Crippen molar-refractivity contribution in [2.24, 2.45) is 5.73 Å². The molecule has 0 atom stereocenters. The second-order valence-electron chi connectivity index (χ2n) is 5.84. The van der Waals surface area contributed by atoms with E-state index in [0.29, 0.717) is 19.0 Å². The molecule has 1 aromatic rings. The molecule has 3 heteroatoms. The number of nitrogens with zero attached hydrogens (tertiary/aromatic N) is 1. The average Bonchev–Trinajstić information content (AvgIpc) is 2.46. The lowest BCUT2D eigenvalue weighted by Gasteiger charge is -2.34. The molecule has 3 nitrogen and oxygen atoms in total. The van der Waals surface area contributed by atoms with Crippen LogP contribution in [0, 0.1) is 6.92 Å². The first-order valence-electron chi connectivity index (χ1n) is 7.76. The second kappa shape index (κ2) is 7.44. The molecule has 0 spiro atoms. The average molecular weight is 274 g/mol. The normalized spacial score (nSPS) is 16.1. The topological polar surface area (TPSA) is 46.3 Å². The Labute approximate surface area is 122 Å². The summed E-state index contributed by atoms with van der Waals surface area (Å²) < 4.78 is 0. The SMILES string of the molecule is Cc1cccc(CN(C(=O)CCN)C2CCCCC2)c1. The quantitative estimate of drug-likeness (QED) is 0.897. The van der Waals surface area contributed by atoms with Crippen LogP contribution in [0.15, 0.2) is 24.3 Å². The highest BCUT2D eigenvalue weighted by atomic mass is 16.2. The van der Waals surface area contributed by atoms with E-state index in [1.165, 1.54) is 30.4 Å². The van der Waals surface area contributed by atoms with Crippen LogP contribution in [0.4, 0.5) is 0 Å². The van der Waals surface area contributed by atoms with Crippen molar-refractivity contribution >= 4 is 5.91 Å². The number of hydrogen-bond acceptors (Lipinski definition) is 2. The van der Waals surface area contributed by atoms with Crippen LogP contribution in [0.25, 0.3) is 0 Å². The molecule has 0 saturated heterocycles. The van der Waals surface area contributed by atoms with Crippen molar-refractivity contribution in [1.82, 2.24) is 4.90 Å². The van der Waals surface area contributed by atoms with Gasteiger partial charge >= 0.3 is 0 Å². The lowest BCUT2D eigenvalue weighted by atomic mass is 9.93. The Morgan fingerprint density at radius 2 is 2.05 bits per heavy atom. The molecular formula is C17H26N2O. The van der Waals surface area contributed by atoms with Gasteiger partial charge in [-0.25, -0.2) is 0 Å². The molecule has 20 heavy (non-hydrogen) atoms. The lowest BCUT2D eigenvalue weighted by Crippen LogP contribution is -2.41. The van der Waals surface area contributed by atoms with Gasteiger partial charge in [-0.05, 0) is 25.3 Å². The molecule has 1 aromatic carbocycles. The van der Waals surface area contributed by atoms with Crippen LogP contribution in [0.2, 0.25) is 0 Å². The molecule has 2 N–H and O–H groups in total. The molecule has 0 aromatic heterocycles. The van der Waals surface area contributed by atoms with Gasteiger partial charge in [0.2, 0.25) is 5.91 Å². The maximum absolute atomic E-state index is 12.4. The Balaban J connectivity index is 2.10. The summed E-state index contributed by atoms with van der Waals surface area (Å²) in [4.78, 5) is 14.4. The van der Waals surface area contributed by atoms with Crippen molar-refractivity contribution in [2.75, 3.05) is 6.54 Å². The van der Waals surface area contributed by atoms with Crippen molar-refractivity contribution in [3.63, 3.8) is 0 Å². The Morgan fingerprint density at radius 3 is 2.70 bits per heavy atom. The van der Waals surface area contributed by atoms with E-state index < -0.39 is 0 Å². The Kier molecular flexibility index (Phi) is 5.60. The van der Waals surface area contributed by atoms with E-state index in [1.54, 1.807) is 0 Å². The van der Waals surface area contributed by atoms with Gasteiger partial charge in [-0.3, -0.25) is 4.79 Å².